The maximum Gasteiger partial charge on any atom is 0.200 e. The maximum absolute atomic E-state index is 12.4. The van der Waals surface area contributed by atoms with E-state index in [1.54, 1.807) is 0 Å². The van der Waals surface area contributed by atoms with Crippen LogP contribution in [0.15, 0.2) is 98.6 Å². The minimum Gasteiger partial charge on any atom is -0.508 e. The van der Waals surface area contributed by atoms with Crippen molar-refractivity contribution in [3.8, 4) is 74.7 Å². The van der Waals surface area contributed by atoms with Crippen molar-refractivity contribution in [2.24, 2.45) is 25.8 Å². The molecule has 0 aliphatic heterocycles. The molecule has 4 atom stereocenters. The summed E-state index contributed by atoms with van der Waals surface area (Å²) in [6.45, 7) is 0. The van der Waals surface area contributed by atoms with Gasteiger partial charge in [0, 0.05) is 46.9 Å². The third-order valence-corrected chi connectivity index (χ3v) is 10.5. The normalized spacial score (nSPS) is 14.2. The van der Waals surface area contributed by atoms with Crippen molar-refractivity contribution in [1.82, 2.24) is 25.7 Å². The van der Waals surface area contributed by atoms with E-state index in [0.29, 0.717) is 36.4 Å². The molecule has 0 bridgehead atoms. The first-order valence-electron chi connectivity index (χ1n) is 19.7. The molecule has 5 aromatic rings. The lowest BCUT2D eigenvalue weighted by Gasteiger charge is -2.39. The van der Waals surface area contributed by atoms with Crippen LogP contribution in [-0.4, -0.2) is 168 Å². The Balaban J connectivity index is 1.83. The number of nitrogens with one attached hydrogen (secondary N) is 1. The van der Waals surface area contributed by atoms with Gasteiger partial charge in [0.15, 0.2) is 75.2 Å². The second-order valence-electron chi connectivity index (χ2n) is 14.9. The number of phenolic OH excluding ortho intramolecular Hbond substituents is 13. The van der Waals surface area contributed by atoms with Crippen molar-refractivity contribution >= 4 is 29.2 Å². The quantitative estimate of drug-likeness (QED) is 0.0189. The number of benzene rings is 5. The molecule has 0 amide bonds. The Morgan fingerprint density at radius 3 is 1.41 bits per heavy atom. The molecule has 33 heteroatoms. The van der Waals surface area contributed by atoms with Crippen LogP contribution in [0.3, 0.4) is 0 Å². The summed E-state index contributed by atoms with van der Waals surface area (Å²) in [6, 6.07) is -2.59. The van der Waals surface area contributed by atoms with Gasteiger partial charge in [-0.25, -0.2) is 20.3 Å². The van der Waals surface area contributed by atoms with Crippen molar-refractivity contribution in [1.29, 1.82) is 0 Å². The van der Waals surface area contributed by atoms with Gasteiger partial charge >= 0.3 is 0 Å². The predicted octanol–water partition coefficient (Wildman–Crippen LogP) is 2.05. The van der Waals surface area contributed by atoms with Crippen LogP contribution in [0.25, 0.3) is 0 Å². The van der Waals surface area contributed by atoms with Crippen molar-refractivity contribution < 1.29 is 118 Å². The van der Waals surface area contributed by atoms with Gasteiger partial charge in [0.05, 0.1) is 0 Å². The van der Waals surface area contributed by atoms with E-state index in [4.69, 9.17) is 0 Å². The second-order valence-corrected chi connectivity index (χ2v) is 14.9. The first kappa shape index (κ1) is 53.6. The number of rotatable bonds is 14. The number of aromatic hydroxyl groups is 13. The summed E-state index contributed by atoms with van der Waals surface area (Å²) in [5.74, 6) is -21.7. The lowest BCUT2D eigenvalue weighted by Crippen LogP contribution is -2.52. The molecule has 0 aliphatic rings. The van der Waals surface area contributed by atoms with Crippen LogP contribution in [0.1, 0.15) is 52.0 Å². The molecule has 390 valence electrons. The third-order valence-electron chi connectivity index (χ3n) is 10.5. The average molecular weight is 1030 g/mol. The number of nitrogens with zero attached hydrogens (tertiary/aromatic N) is 9. The monoisotopic (exact) mass is 1030 g/mol. The van der Waals surface area contributed by atoms with Gasteiger partial charge in [-0.1, -0.05) is 37.9 Å². The first-order valence-corrected chi connectivity index (χ1v) is 19.7. The van der Waals surface area contributed by atoms with E-state index < -0.39 is 172 Å². The van der Waals surface area contributed by atoms with Gasteiger partial charge in [-0.15, -0.1) is 0 Å². The lowest BCUT2D eigenvalue weighted by molar-refractivity contribution is -0.0984. The summed E-state index contributed by atoms with van der Waals surface area (Å²) in [7, 11) is 0. The second kappa shape index (κ2) is 21.9. The zero-order valence-electron chi connectivity index (χ0n) is 36.3. The molecule has 0 aromatic heterocycles. The number of oxime groups is 5. The highest BCUT2D eigenvalue weighted by molar-refractivity contribution is 6.01. The Bertz CT molecular complexity index is 2990. The number of phenols is 13. The topological polar surface area (TPSA) is 552 Å². The van der Waals surface area contributed by atoms with Crippen LogP contribution in [-0.2, 0) is 6.42 Å². The van der Waals surface area contributed by atoms with Gasteiger partial charge in [0.1, 0.15) is 47.2 Å². The van der Waals surface area contributed by atoms with Crippen LogP contribution in [0.4, 0.5) is 0 Å². The molecule has 0 radical (unpaired) electrons. The van der Waals surface area contributed by atoms with E-state index in [-0.39, 0.29) is 10.6 Å². The molecule has 0 fully saturated rings. The van der Waals surface area contributed by atoms with Crippen molar-refractivity contribution in [3.05, 3.63) is 101 Å². The van der Waals surface area contributed by atoms with Gasteiger partial charge in [-0.2, -0.15) is 0 Å². The molecule has 0 saturated heterocycles. The first-order chi connectivity index (χ1) is 34.5. The third kappa shape index (κ3) is 10.5. The predicted molar refractivity (Wildman–Crippen MR) is 234 cm³/mol. The molecule has 4 unspecified atom stereocenters. The highest BCUT2D eigenvalue weighted by Crippen LogP contribution is 2.47. The highest BCUT2D eigenvalue weighted by atomic mass is 16.6. The number of hydroxylamine groups is 9. The van der Waals surface area contributed by atoms with Crippen LogP contribution < -0.4 is 5.48 Å². The summed E-state index contributed by atoms with van der Waals surface area (Å²) >= 11 is 0. The SMILES string of the molecule is ON=C(NO)C(c1cc(O)c(O)cc1O)N(O)C(=NO)C(c1cc(O)cc(O)c1O)N(O)C(=NO)C(c1ccc(O)c(O)c1O)N(O)C(=NO)C(c1cccc(O)c1O)N(O)C(Cc1cc(O)cc(O)c1)=NO. The standard InChI is InChI=1S/C40H42N10O23/c51-15-6-14(7-16(52)9-15)8-28(41-64)47(70)30(18-2-1-3-22(54)33(18)60)38(44-67)49(72)31(19-4-5-23(55)36(63)35(19)62)39(45-68)50(73)32(21-10-17(53)11-27(59)34(21)61)40(46-69)48(71)29(37(42-65)43-66)20-12-25(57)26(58)13-24(20)56/h1-7,9-13,29-32,51-73H,8H2,(H,42,43). The number of amidine groups is 5. The largest absolute Gasteiger partial charge is 0.508 e. The fourth-order valence-electron chi connectivity index (χ4n) is 7.21. The summed E-state index contributed by atoms with van der Waals surface area (Å²) in [5, 5.41) is 261. The molecule has 5 rings (SSSR count). The number of para-hydroxylation sites is 1. The molecular formula is C40H42N10O23. The van der Waals surface area contributed by atoms with Gasteiger partial charge in [0.2, 0.25) is 5.75 Å². The molecule has 0 heterocycles. The van der Waals surface area contributed by atoms with E-state index in [1.807, 2.05) is 0 Å². The van der Waals surface area contributed by atoms with E-state index in [2.05, 4.69) is 25.8 Å². The molecular weight excluding hydrogens is 988 g/mol. The van der Waals surface area contributed by atoms with Crippen LogP contribution >= 0.6 is 0 Å². The Morgan fingerprint density at radius 2 is 0.877 bits per heavy atom. The van der Waals surface area contributed by atoms with Gasteiger partial charge < -0.3 is 92.4 Å². The fourth-order valence-corrected chi connectivity index (χ4v) is 7.21. The van der Waals surface area contributed by atoms with E-state index in [9.17, 15) is 118 Å². The Labute approximate surface area is 404 Å². The summed E-state index contributed by atoms with van der Waals surface area (Å²) < 4.78 is 0. The van der Waals surface area contributed by atoms with Crippen LogP contribution in [0.2, 0.25) is 0 Å². The molecule has 0 saturated carbocycles. The van der Waals surface area contributed by atoms with Gasteiger partial charge in [0.25, 0.3) is 0 Å². The van der Waals surface area contributed by atoms with E-state index >= 15 is 0 Å². The van der Waals surface area contributed by atoms with Crippen molar-refractivity contribution in [2.45, 2.75) is 30.6 Å². The summed E-state index contributed by atoms with van der Waals surface area (Å²) in [6.07, 6.45) is -0.821. The molecule has 5 aromatic carbocycles. The van der Waals surface area contributed by atoms with E-state index in [0.717, 1.165) is 36.4 Å². The molecule has 0 spiro atoms. The minimum absolute atomic E-state index is 0.141. The molecule has 33 nitrogen and oxygen atoms in total. The van der Waals surface area contributed by atoms with Crippen molar-refractivity contribution in [3.63, 3.8) is 0 Å². The van der Waals surface area contributed by atoms with Crippen LogP contribution in [0, 0.1) is 0 Å². The van der Waals surface area contributed by atoms with E-state index in [1.165, 1.54) is 5.48 Å². The highest BCUT2D eigenvalue weighted by Gasteiger charge is 2.47. The van der Waals surface area contributed by atoms with Gasteiger partial charge in [-0.3, -0.25) is 31.5 Å². The van der Waals surface area contributed by atoms with Crippen LogP contribution in [0.5, 0.6) is 74.7 Å². The molecule has 73 heavy (non-hydrogen) atoms. The Hall–Kier alpha value is -10.4. The number of hydrogen-bond acceptors (Lipinski definition) is 28. The Morgan fingerprint density at radius 1 is 0.397 bits per heavy atom. The smallest absolute Gasteiger partial charge is 0.200 e. The zero-order valence-corrected chi connectivity index (χ0v) is 36.3. The molecule has 0 aliphatic carbocycles. The number of hydrogen-bond donors (Lipinski definition) is 24. The van der Waals surface area contributed by atoms with Crippen molar-refractivity contribution in [2.75, 3.05) is 0 Å². The Kier molecular flexibility index (Phi) is 16.1. The van der Waals surface area contributed by atoms with Gasteiger partial charge in [-0.05, 0) is 48.0 Å². The summed E-state index contributed by atoms with van der Waals surface area (Å²) in [5.41, 5.74) is -2.90. The fraction of sp³-hybridized carbons (Fsp3) is 0.125. The lowest BCUT2D eigenvalue weighted by atomic mass is 9.96. The maximum atomic E-state index is 12.4. The average Bonchev–Trinajstić information content (AvgIpc) is 3.34. The molecule has 24 N–H and O–H groups in total. The zero-order chi connectivity index (χ0) is 54.3. The minimum atomic E-state index is -2.99. The summed E-state index contributed by atoms with van der Waals surface area (Å²) in [4.78, 5) is 0.